The van der Waals surface area contributed by atoms with Gasteiger partial charge in [0, 0.05) is 13.2 Å². The van der Waals surface area contributed by atoms with Gasteiger partial charge in [-0.25, -0.2) is 0 Å². The van der Waals surface area contributed by atoms with Crippen LogP contribution >= 0.6 is 12.6 Å². The summed E-state index contributed by atoms with van der Waals surface area (Å²) < 4.78 is 0. The summed E-state index contributed by atoms with van der Waals surface area (Å²) in [6.07, 6.45) is 3.62. The zero-order chi connectivity index (χ0) is 13.7. The Morgan fingerprint density at radius 1 is 1.37 bits per heavy atom. The first-order chi connectivity index (χ1) is 9.15. The lowest BCUT2D eigenvalue weighted by atomic mass is 10.0. The van der Waals surface area contributed by atoms with Crippen molar-refractivity contribution in [3.63, 3.8) is 0 Å². The Morgan fingerprint density at radius 2 is 2.05 bits per heavy atom. The third kappa shape index (κ3) is 4.25. The van der Waals surface area contributed by atoms with Gasteiger partial charge in [-0.1, -0.05) is 30.3 Å². The SMILES string of the molecule is O=C(NCC1(CCO)CC1)C(S)Cc1ccccc1. The number of aliphatic hydroxyl groups is 1. The first-order valence-corrected chi connectivity index (χ1v) is 7.27. The highest BCUT2D eigenvalue weighted by Gasteiger charge is 2.42. The molecule has 3 nitrogen and oxygen atoms in total. The Morgan fingerprint density at radius 3 is 2.63 bits per heavy atom. The van der Waals surface area contributed by atoms with Crippen LogP contribution in [0.15, 0.2) is 30.3 Å². The van der Waals surface area contributed by atoms with Gasteiger partial charge in [0.25, 0.3) is 0 Å². The van der Waals surface area contributed by atoms with Gasteiger partial charge in [-0.15, -0.1) is 0 Å². The van der Waals surface area contributed by atoms with E-state index < -0.39 is 0 Å². The van der Waals surface area contributed by atoms with Crippen molar-refractivity contribution in [2.24, 2.45) is 5.41 Å². The molecule has 0 radical (unpaired) electrons. The van der Waals surface area contributed by atoms with E-state index in [-0.39, 0.29) is 23.2 Å². The van der Waals surface area contributed by atoms with Crippen molar-refractivity contribution in [1.82, 2.24) is 5.32 Å². The van der Waals surface area contributed by atoms with E-state index in [0.29, 0.717) is 13.0 Å². The Labute approximate surface area is 119 Å². The molecule has 0 saturated heterocycles. The molecule has 19 heavy (non-hydrogen) atoms. The summed E-state index contributed by atoms with van der Waals surface area (Å²) in [5.74, 6) is -0.0172. The van der Waals surface area contributed by atoms with Crippen LogP contribution in [-0.4, -0.2) is 29.4 Å². The van der Waals surface area contributed by atoms with Crippen molar-refractivity contribution in [3.05, 3.63) is 35.9 Å². The number of hydrogen-bond acceptors (Lipinski definition) is 3. The fraction of sp³-hybridized carbons (Fsp3) is 0.533. The minimum absolute atomic E-state index is 0.0172. The molecule has 1 atom stereocenters. The standard InChI is InChI=1S/C15H21NO2S/c17-9-8-15(6-7-15)11-16-14(18)13(19)10-12-4-2-1-3-5-12/h1-5,13,17,19H,6-11H2,(H,16,18). The number of carbonyl (C=O) groups is 1. The number of hydrogen-bond donors (Lipinski definition) is 3. The highest BCUT2D eigenvalue weighted by atomic mass is 32.1. The molecule has 0 aliphatic heterocycles. The summed E-state index contributed by atoms with van der Waals surface area (Å²) in [5.41, 5.74) is 1.28. The molecule has 0 bridgehead atoms. The molecule has 2 N–H and O–H groups in total. The Hall–Kier alpha value is -1.00. The first-order valence-electron chi connectivity index (χ1n) is 6.76. The molecule has 1 saturated carbocycles. The Bertz CT molecular complexity index is 417. The smallest absolute Gasteiger partial charge is 0.233 e. The first kappa shape index (κ1) is 14.4. The van der Waals surface area contributed by atoms with E-state index in [1.807, 2.05) is 30.3 Å². The average Bonchev–Trinajstić information content (AvgIpc) is 3.18. The monoisotopic (exact) mass is 279 g/mol. The van der Waals surface area contributed by atoms with Crippen molar-refractivity contribution in [1.29, 1.82) is 0 Å². The van der Waals surface area contributed by atoms with Crippen molar-refractivity contribution in [3.8, 4) is 0 Å². The molecule has 4 heteroatoms. The van der Waals surface area contributed by atoms with Crippen LogP contribution in [0, 0.1) is 5.41 Å². The normalized spacial score (nSPS) is 17.8. The number of benzene rings is 1. The summed E-state index contributed by atoms with van der Waals surface area (Å²) in [4.78, 5) is 12.0. The van der Waals surface area contributed by atoms with E-state index in [2.05, 4.69) is 17.9 Å². The van der Waals surface area contributed by atoms with E-state index in [4.69, 9.17) is 5.11 Å². The van der Waals surface area contributed by atoms with Crippen LogP contribution in [0.25, 0.3) is 0 Å². The number of carbonyl (C=O) groups excluding carboxylic acids is 1. The van der Waals surface area contributed by atoms with Crippen molar-refractivity contribution >= 4 is 18.5 Å². The number of amides is 1. The minimum Gasteiger partial charge on any atom is -0.396 e. The van der Waals surface area contributed by atoms with Crippen LogP contribution in [-0.2, 0) is 11.2 Å². The van der Waals surface area contributed by atoms with Gasteiger partial charge >= 0.3 is 0 Å². The largest absolute Gasteiger partial charge is 0.396 e. The van der Waals surface area contributed by atoms with Gasteiger partial charge in [0.15, 0.2) is 0 Å². The predicted octanol–water partition coefficient (Wildman–Crippen LogP) is 1.81. The third-order valence-corrected chi connectivity index (χ3v) is 4.23. The number of rotatable bonds is 7. The lowest BCUT2D eigenvalue weighted by Gasteiger charge is -2.17. The molecule has 1 aliphatic carbocycles. The summed E-state index contributed by atoms with van der Waals surface area (Å²) in [6.45, 7) is 0.864. The summed E-state index contributed by atoms with van der Waals surface area (Å²) in [5, 5.41) is 11.6. The van der Waals surface area contributed by atoms with Gasteiger partial charge in [-0.3, -0.25) is 4.79 Å². The highest BCUT2D eigenvalue weighted by molar-refractivity contribution is 7.81. The zero-order valence-corrected chi connectivity index (χ0v) is 11.9. The minimum atomic E-state index is -0.313. The number of aliphatic hydroxyl groups excluding tert-OH is 1. The molecule has 1 unspecified atom stereocenters. The fourth-order valence-corrected chi connectivity index (χ4v) is 2.55. The van der Waals surface area contributed by atoms with Crippen molar-refractivity contribution in [2.75, 3.05) is 13.2 Å². The Balaban J connectivity index is 1.77. The molecule has 1 fully saturated rings. The molecular weight excluding hydrogens is 258 g/mol. The van der Waals surface area contributed by atoms with Crippen molar-refractivity contribution in [2.45, 2.75) is 30.9 Å². The molecule has 1 aromatic carbocycles. The molecule has 1 aromatic rings. The lowest BCUT2D eigenvalue weighted by Crippen LogP contribution is -2.37. The van der Waals surface area contributed by atoms with Crippen LogP contribution in [0.2, 0.25) is 0 Å². The summed E-state index contributed by atoms with van der Waals surface area (Å²) >= 11 is 4.38. The maximum absolute atomic E-state index is 12.0. The highest BCUT2D eigenvalue weighted by Crippen LogP contribution is 2.47. The fourth-order valence-electron chi connectivity index (χ4n) is 2.25. The maximum Gasteiger partial charge on any atom is 0.233 e. The summed E-state index contributed by atoms with van der Waals surface area (Å²) in [6, 6.07) is 9.90. The second-order valence-corrected chi connectivity index (χ2v) is 6.02. The molecule has 0 spiro atoms. The van der Waals surface area contributed by atoms with Crippen LogP contribution in [0.4, 0.5) is 0 Å². The van der Waals surface area contributed by atoms with Crippen LogP contribution < -0.4 is 5.32 Å². The van der Waals surface area contributed by atoms with Gasteiger partial charge in [-0.2, -0.15) is 12.6 Å². The topological polar surface area (TPSA) is 49.3 Å². The second-order valence-electron chi connectivity index (χ2n) is 5.40. The van der Waals surface area contributed by atoms with E-state index in [0.717, 1.165) is 24.8 Å². The second kappa shape index (κ2) is 6.44. The van der Waals surface area contributed by atoms with Gasteiger partial charge in [0.1, 0.15) is 0 Å². The van der Waals surface area contributed by atoms with Gasteiger partial charge in [0.05, 0.1) is 5.25 Å². The average molecular weight is 279 g/mol. The zero-order valence-electron chi connectivity index (χ0n) is 11.0. The maximum atomic E-state index is 12.0. The van der Waals surface area contributed by atoms with Gasteiger partial charge in [0.2, 0.25) is 5.91 Å². The molecule has 1 amide bonds. The summed E-state index contributed by atoms with van der Waals surface area (Å²) in [7, 11) is 0. The van der Waals surface area contributed by atoms with Crippen LogP contribution in [0.3, 0.4) is 0 Å². The van der Waals surface area contributed by atoms with Crippen LogP contribution in [0.1, 0.15) is 24.8 Å². The lowest BCUT2D eigenvalue weighted by molar-refractivity contribution is -0.120. The molecular formula is C15H21NO2S. The van der Waals surface area contributed by atoms with Gasteiger partial charge in [-0.05, 0) is 36.7 Å². The Kier molecular flexibility index (Phi) is 4.88. The van der Waals surface area contributed by atoms with Crippen molar-refractivity contribution < 1.29 is 9.90 Å². The van der Waals surface area contributed by atoms with E-state index >= 15 is 0 Å². The molecule has 2 rings (SSSR count). The predicted molar refractivity (Wildman–Crippen MR) is 79.3 cm³/mol. The quantitative estimate of drug-likeness (QED) is 0.667. The molecule has 0 heterocycles. The molecule has 0 aromatic heterocycles. The van der Waals surface area contributed by atoms with E-state index in [1.165, 1.54) is 0 Å². The van der Waals surface area contributed by atoms with E-state index in [1.54, 1.807) is 0 Å². The molecule has 1 aliphatic rings. The third-order valence-electron chi connectivity index (χ3n) is 3.81. The number of nitrogens with one attached hydrogen (secondary N) is 1. The number of thiol groups is 1. The van der Waals surface area contributed by atoms with Gasteiger partial charge < -0.3 is 10.4 Å². The van der Waals surface area contributed by atoms with E-state index in [9.17, 15) is 4.79 Å². The van der Waals surface area contributed by atoms with Crippen LogP contribution in [0.5, 0.6) is 0 Å². The molecule has 104 valence electrons.